The van der Waals surface area contributed by atoms with Crippen LogP contribution < -0.4 is 9.64 Å². The lowest BCUT2D eigenvalue weighted by molar-refractivity contribution is -0.120. The van der Waals surface area contributed by atoms with E-state index in [2.05, 4.69) is 27.9 Å². The molecule has 2 aliphatic rings. The van der Waals surface area contributed by atoms with Crippen LogP contribution in [0.4, 0.5) is 10.1 Å². The molecule has 2 aromatic carbocycles. The molecule has 1 unspecified atom stereocenters. The third-order valence-corrected chi connectivity index (χ3v) is 8.54. The molecule has 40 heavy (non-hydrogen) atoms. The van der Waals surface area contributed by atoms with Gasteiger partial charge in [-0.2, -0.15) is 0 Å². The number of piperidine rings is 1. The number of rotatable bonds is 6. The van der Waals surface area contributed by atoms with Crippen molar-refractivity contribution in [1.29, 1.82) is 0 Å². The third-order valence-electron chi connectivity index (χ3n) is 8.54. The SMILES string of the molecule is COc1ccc(N2C(=O)CCCC2c2nc3cc(-c4c(C)noc4C)ccc3n2C2CCC(OC)CC2)cc1F. The fourth-order valence-electron chi connectivity index (χ4n) is 6.57. The van der Waals surface area contributed by atoms with E-state index in [0.717, 1.165) is 78.0 Å². The van der Waals surface area contributed by atoms with Crippen molar-refractivity contribution >= 4 is 22.6 Å². The largest absolute Gasteiger partial charge is 0.494 e. The fourth-order valence-corrected chi connectivity index (χ4v) is 6.57. The molecule has 8 nitrogen and oxygen atoms in total. The number of amides is 1. The molecule has 4 aromatic rings. The molecule has 210 valence electrons. The number of ether oxygens (including phenoxy) is 2. The zero-order chi connectivity index (χ0) is 28.0. The molecule has 1 atom stereocenters. The van der Waals surface area contributed by atoms with Crippen LogP contribution in [-0.2, 0) is 9.53 Å². The normalized spacial score (nSPS) is 21.8. The Balaban J connectivity index is 1.49. The number of anilines is 1. The Kier molecular flexibility index (Phi) is 7.08. The number of benzene rings is 2. The second-order valence-corrected chi connectivity index (χ2v) is 10.9. The Morgan fingerprint density at radius 2 is 1.82 bits per heavy atom. The van der Waals surface area contributed by atoms with E-state index >= 15 is 0 Å². The molecule has 1 aliphatic heterocycles. The van der Waals surface area contributed by atoms with Crippen LogP contribution in [0.3, 0.4) is 0 Å². The van der Waals surface area contributed by atoms with Crippen LogP contribution in [0.15, 0.2) is 40.9 Å². The number of imidazole rings is 1. The van der Waals surface area contributed by atoms with Gasteiger partial charge in [-0.05, 0) is 82.2 Å². The fraction of sp³-hybridized carbons (Fsp3) is 0.452. The van der Waals surface area contributed by atoms with Gasteiger partial charge < -0.3 is 23.5 Å². The summed E-state index contributed by atoms with van der Waals surface area (Å²) in [6, 6.07) is 10.9. The van der Waals surface area contributed by atoms with Gasteiger partial charge in [-0.15, -0.1) is 0 Å². The van der Waals surface area contributed by atoms with Crippen molar-refractivity contribution in [3.05, 3.63) is 59.5 Å². The summed E-state index contributed by atoms with van der Waals surface area (Å²) in [5, 5.41) is 4.13. The van der Waals surface area contributed by atoms with Gasteiger partial charge in [-0.25, -0.2) is 9.37 Å². The quantitative estimate of drug-likeness (QED) is 0.263. The van der Waals surface area contributed by atoms with E-state index in [1.165, 1.54) is 13.2 Å². The second-order valence-electron chi connectivity index (χ2n) is 10.9. The van der Waals surface area contributed by atoms with Gasteiger partial charge in [0.05, 0.1) is 36.0 Å². The second kappa shape index (κ2) is 10.7. The zero-order valence-electron chi connectivity index (χ0n) is 23.4. The molecular weight excluding hydrogens is 511 g/mol. The van der Waals surface area contributed by atoms with Crippen LogP contribution in [0, 0.1) is 19.7 Å². The van der Waals surface area contributed by atoms with Gasteiger partial charge in [-0.1, -0.05) is 11.2 Å². The number of aromatic nitrogens is 3. The van der Waals surface area contributed by atoms with Crippen LogP contribution in [0.1, 0.15) is 74.3 Å². The topological polar surface area (TPSA) is 82.6 Å². The van der Waals surface area contributed by atoms with E-state index in [9.17, 15) is 9.18 Å². The highest BCUT2D eigenvalue weighted by Crippen LogP contribution is 2.42. The number of methoxy groups -OCH3 is 2. The predicted octanol–water partition coefficient (Wildman–Crippen LogP) is 6.84. The summed E-state index contributed by atoms with van der Waals surface area (Å²) in [7, 11) is 3.21. The number of fused-ring (bicyclic) bond motifs is 1. The molecule has 0 spiro atoms. The van der Waals surface area contributed by atoms with Crippen molar-refractivity contribution in [3.63, 3.8) is 0 Å². The lowest BCUT2D eigenvalue weighted by Crippen LogP contribution is -2.40. The molecule has 1 saturated heterocycles. The Bertz CT molecular complexity index is 1530. The first kappa shape index (κ1) is 26.5. The summed E-state index contributed by atoms with van der Waals surface area (Å²) >= 11 is 0. The first-order chi connectivity index (χ1) is 19.4. The van der Waals surface area contributed by atoms with Crippen molar-refractivity contribution in [2.45, 2.75) is 77.0 Å². The number of hydrogen-bond donors (Lipinski definition) is 0. The average molecular weight is 547 g/mol. The van der Waals surface area contributed by atoms with E-state index < -0.39 is 5.82 Å². The minimum Gasteiger partial charge on any atom is -0.494 e. The van der Waals surface area contributed by atoms with Gasteiger partial charge in [0.2, 0.25) is 5.91 Å². The lowest BCUT2D eigenvalue weighted by Gasteiger charge is -2.37. The van der Waals surface area contributed by atoms with Crippen LogP contribution in [0.25, 0.3) is 22.2 Å². The Labute approximate surface area is 233 Å². The van der Waals surface area contributed by atoms with Gasteiger partial charge in [0.1, 0.15) is 11.6 Å². The van der Waals surface area contributed by atoms with Gasteiger partial charge in [-0.3, -0.25) is 4.79 Å². The smallest absolute Gasteiger partial charge is 0.227 e. The monoisotopic (exact) mass is 546 g/mol. The zero-order valence-corrected chi connectivity index (χ0v) is 23.4. The van der Waals surface area contributed by atoms with Crippen molar-refractivity contribution < 1.29 is 23.2 Å². The molecule has 1 saturated carbocycles. The summed E-state index contributed by atoms with van der Waals surface area (Å²) in [5.41, 5.74) is 5.22. The highest BCUT2D eigenvalue weighted by atomic mass is 19.1. The standard InChI is InChI=1S/C31H35FN4O4/c1-18-30(19(2)40-34-18)20-8-14-26-25(16-20)33-31(36(26)21-9-12-23(38-3)13-10-21)27-6-5-7-29(37)35(27)22-11-15-28(39-4)24(32)17-22/h8,11,14-17,21,23,27H,5-7,9-10,12-13H2,1-4H3. The van der Waals surface area contributed by atoms with Gasteiger partial charge >= 0.3 is 0 Å². The summed E-state index contributed by atoms with van der Waals surface area (Å²) in [4.78, 5) is 20.4. The summed E-state index contributed by atoms with van der Waals surface area (Å²) in [5.74, 6) is 1.24. The maximum absolute atomic E-state index is 14.8. The maximum atomic E-state index is 14.8. The number of halogens is 1. The third kappa shape index (κ3) is 4.56. The van der Waals surface area contributed by atoms with E-state index in [4.69, 9.17) is 19.0 Å². The minimum absolute atomic E-state index is 0.0288. The summed E-state index contributed by atoms with van der Waals surface area (Å²) < 4.78 is 33.4. The van der Waals surface area contributed by atoms with Crippen molar-refractivity contribution in [2.75, 3.05) is 19.1 Å². The molecule has 1 aliphatic carbocycles. The molecule has 2 fully saturated rings. The Morgan fingerprint density at radius 3 is 2.50 bits per heavy atom. The maximum Gasteiger partial charge on any atom is 0.227 e. The van der Waals surface area contributed by atoms with Crippen LogP contribution in [0.5, 0.6) is 5.75 Å². The predicted molar refractivity (Wildman–Crippen MR) is 150 cm³/mol. The first-order valence-electron chi connectivity index (χ1n) is 14.0. The number of aryl methyl sites for hydroxylation is 2. The minimum atomic E-state index is -0.493. The van der Waals surface area contributed by atoms with Crippen molar-refractivity contribution in [1.82, 2.24) is 14.7 Å². The number of hydrogen-bond acceptors (Lipinski definition) is 6. The molecule has 1 amide bonds. The Hall–Kier alpha value is -3.72. The molecule has 0 N–H and O–H groups in total. The van der Waals surface area contributed by atoms with Gasteiger partial charge in [0.15, 0.2) is 11.6 Å². The number of carbonyl (C=O) groups excluding carboxylic acids is 1. The highest BCUT2D eigenvalue weighted by Gasteiger charge is 2.36. The first-order valence-corrected chi connectivity index (χ1v) is 14.0. The number of nitrogens with zero attached hydrogens (tertiary/aromatic N) is 4. The molecular formula is C31H35FN4O4. The van der Waals surface area contributed by atoms with E-state index in [1.54, 1.807) is 24.1 Å². The summed E-state index contributed by atoms with van der Waals surface area (Å²) in [6.07, 6.45) is 6.02. The highest BCUT2D eigenvalue weighted by molar-refractivity contribution is 5.95. The van der Waals surface area contributed by atoms with E-state index in [-0.39, 0.29) is 29.8 Å². The Morgan fingerprint density at radius 1 is 1.02 bits per heavy atom. The van der Waals surface area contributed by atoms with Crippen LogP contribution >= 0.6 is 0 Å². The summed E-state index contributed by atoms with van der Waals surface area (Å²) in [6.45, 7) is 3.85. The molecule has 2 aromatic heterocycles. The molecule has 9 heteroatoms. The molecule has 6 rings (SSSR count). The molecule has 3 heterocycles. The van der Waals surface area contributed by atoms with Crippen molar-refractivity contribution in [2.24, 2.45) is 0 Å². The molecule has 0 bridgehead atoms. The van der Waals surface area contributed by atoms with Gasteiger partial charge in [0, 0.05) is 36.9 Å². The van der Waals surface area contributed by atoms with E-state index in [0.29, 0.717) is 12.1 Å². The van der Waals surface area contributed by atoms with Crippen LogP contribution in [0.2, 0.25) is 0 Å². The van der Waals surface area contributed by atoms with E-state index in [1.807, 2.05) is 13.8 Å². The lowest BCUT2D eigenvalue weighted by atomic mass is 9.91. The van der Waals surface area contributed by atoms with Crippen molar-refractivity contribution in [3.8, 4) is 16.9 Å². The number of carbonyl (C=O) groups is 1. The average Bonchev–Trinajstić information content (AvgIpc) is 3.51. The molecule has 0 radical (unpaired) electrons. The van der Waals surface area contributed by atoms with Gasteiger partial charge in [0.25, 0.3) is 0 Å². The van der Waals surface area contributed by atoms with Crippen LogP contribution in [-0.4, -0.2) is 40.9 Å².